The molecule has 0 aliphatic rings. The van der Waals surface area contributed by atoms with Gasteiger partial charge in [-0.3, -0.25) is 4.79 Å². The molecule has 3 aromatic rings. The predicted octanol–water partition coefficient (Wildman–Crippen LogP) is 3.91. The molecule has 2 N–H and O–H groups in total. The number of aromatic nitrogens is 1. The summed E-state index contributed by atoms with van der Waals surface area (Å²) in [4.78, 5) is 20.1. The molecule has 0 amide bonds. The first kappa shape index (κ1) is 22.8. The largest absolute Gasteiger partial charge is 0.495 e. The van der Waals surface area contributed by atoms with E-state index in [1.165, 1.54) is 0 Å². The van der Waals surface area contributed by atoms with E-state index >= 15 is 0 Å². The number of rotatable bonds is 7. The van der Waals surface area contributed by atoms with E-state index < -0.39 is 0 Å². The maximum absolute atomic E-state index is 12.9. The van der Waals surface area contributed by atoms with E-state index in [0.29, 0.717) is 29.5 Å². The van der Waals surface area contributed by atoms with Crippen LogP contribution in [0.4, 0.5) is 5.69 Å². The smallest absolute Gasteiger partial charge is 0.253 e. The third-order valence-electron chi connectivity index (χ3n) is 5.33. The van der Waals surface area contributed by atoms with Crippen molar-refractivity contribution in [2.24, 2.45) is 0 Å². The van der Waals surface area contributed by atoms with Crippen molar-refractivity contribution in [1.82, 2.24) is 14.8 Å². The van der Waals surface area contributed by atoms with Crippen LogP contribution in [0, 0.1) is 13.8 Å². The van der Waals surface area contributed by atoms with E-state index in [0.717, 1.165) is 34.3 Å². The summed E-state index contributed by atoms with van der Waals surface area (Å²) in [6.45, 7) is 5.96. The van der Waals surface area contributed by atoms with Crippen LogP contribution in [0.2, 0.25) is 0 Å². The zero-order chi connectivity index (χ0) is 22.5. The number of para-hydroxylation sites is 2. The number of anilines is 1. The van der Waals surface area contributed by atoms with Gasteiger partial charge in [-0.25, -0.2) is 0 Å². The Morgan fingerprint density at radius 1 is 1.10 bits per heavy atom. The number of thiocarbonyl (C=S) groups is 1. The van der Waals surface area contributed by atoms with E-state index in [9.17, 15) is 4.79 Å². The van der Waals surface area contributed by atoms with Gasteiger partial charge < -0.3 is 24.8 Å². The van der Waals surface area contributed by atoms with Crippen molar-refractivity contribution in [1.29, 1.82) is 0 Å². The van der Waals surface area contributed by atoms with E-state index in [1.54, 1.807) is 7.11 Å². The minimum atomic E-state index is -0.0869. The third kappa shape index (κ3) is 5.42. The molecule has 3 rings (SSSR count). The minimum Gasteiger partial charge on any atom is -0.495 e. The fraction of sp³-hybridized carbons (Fsp3) is 0.333. The molecule has 31 heavy (non-hydrogen) atoms. The number of hydrogen-bond acceptors (Lipinski definition) is 4. The molecule has 1 heterocycles. The Balaban J connectivity index is 1.92. The fourth-order valence-corrected chi connectivity index (χ4v) is 3.72. The Hall–Kier alpha value is -2.90. The Morgan fingerprint density at radius 3 is 2.52 bits per heavy atom. The lowest BCUT2D eigenvalue weighted by Crippen LogP contribution is -2.40. The number of nitrogens with one attached hydrogen (secondary N) is 2. The fourth-order valence-electron chi connectivity index (χ4n) is 3.46. The SMILES string of the molecule is COc1ccccc1NC(=S)N(CCN(C)C)Cc1cc2c(C)ccc(C)c2[nH]c1=O. The highest BCUT2D eigenvalue weighted by molar-refractivity contribution is 7.80. The van der Waals surface area contributed by atoms with Crippen LogP contribution in [0.15, 0.2) is 47.3 Å². The van der Waals surface area contributed by atoms with E-state index in [4.69, 9.17) is 17.0 Å². The average molecular weight is 439 g/mol. The standard InChI is InChI=1S/C24H30N4O2S/c1-16-10-11-17(2)22-19(16)14-18(23(29)26-22)15-28(13-12-27(3)4)24(31)25-20-8-6-7-9-21(20)30-5/h6-11,14H,12-13,15H2,1-5H3,(H,25,31)(H,26,29). The number of hydrogen-bond donors (Lipinski definition) is 2. The van der Waals surface area contributed by atoms with E-state index in [2.05, 4.69) is 28.2 Å². The van der Waals surface area contributed by atoms with Crippen LogP contribution in [0.5, 0.6) is 5.75 Å². The maximum Gasteiger partial charge on any atom is 0.253 e. The van der Waals surface area contributed by atoms with Crippen molar-refractivity contribution < 1.29 is 4.74 Å². The van der Waals surface area contributed by atoms with Gasteiger partial charge in [-0.05, 0) is 69.5 Å². The number of fused-ring (bicyclic) bond motifs is 1. The lowest BCUT2D eigenvalue weighted by molar-refractivity contribution is 0.327. The van der Waals surface area contributed by atoms with E-state index in [-0.39, 0.29) is 5.56 Å². The van der Waals surface area contributed by atoms with Crippen molar-refractivity contribution in [3.05, 3.63) is 69.5 Å². The zero-order valence-electron chi connectivity index (χ0n) is 18.8. The van der Waals surface area contributed by atoms with Gasteiger partial charge in [-0.15, -0.1) is 0 Å². The lowest BCUT2D eigenvalue weighted by Gasteiger charge is -2.27. The first-order valence-corrected chi connectivity index (χ1v) is 10.7. The zero-order valence-corrected chi connectivity index (χ0v) is 19.6. The summed E-state index contributed by atoms with van der Waals surface area (Å²) in [5.41, 5.74) is 4.47. The molecular formula is C24H30N4O2S. The first-order chi connectivity index (χ1) is 14.8. The number of benzene rings is 2. The molecular weight excluding hydrogens is 408 g/mol. The van der Waals surface area contributed by atoms with Gasteiger partial charge in [0.25, 0.3) is 5.56 Å². The van der Waals surface area contributed by atoms with Gasteiger partial charge in [-0.2, -0.15) is 0 Å². The summed E-state index contributed by atoms with van der Waals surface area (Å²) < 4.78 is 5.43. The van der Waals surface area contributed by atoms with Crippen LogP contribution in [0.3, 0.4) is 0 Å². The molecule has 0 spiro atoms. The first-order valence-electron chi connectivity index (χ1n) is 10.3. The summed E-state index contributed by atoms with van der Waals surface area (Å²) in [6.07, 6.45) is 0. The number of H-pyrrole nitrogens is 1. The Morgan fingerprint density at radius 2 is 1.81 bits per heavy atom. The monoisotopic (exact) mass is 438 g/mol. The lowest BCUT2D eigenvalue weighted by atomic mass is 10.0. The molecule has 0 saturated carbocycles. The van der Waals surface area contributed by atoms with Crippen LogP contribution in [0.1, 0.15) is 16.7 Å². The van der Waals surface area contributed by atoms with Crippen LogP contribution in [-0.4, -0.2) is 54.2 Å². The van der Waals surface area contributed by atoms with Crippen LogP contribution in [-0.2, 0) is 6.54 Å². The second-order valence-electron chi connectivity index (χ2n) is 7.97. The molecule has 0 bridgehead atoms. The van der Waals surface area contributed by atoms with Gasteiger partial charge in [-0.1, -0.05) is 24.3 Å². The molecule has 0 radical (unpaired) electrons. The Labute approximate surface area is 188 Å². The molecule has 2 aromatic carbocycles. The normalized spacial score (nSPS) is 11.0. The highest BCUT2D eigenvalue weighted by Gasteiger charge is 2.16. The molecule has 1 aromatic heterocycles. The summed E-state index contributed by atoms with van der Waals surface area (Å²) in [5, 5.41) is 4.89. The summed E-state index contributed by atoms with van der Waals surface area (Å²) >= 11 is 5.73. The topological polar surface area (TPSA) is 60.6 Å². The number of nitrogens with zero attached hydrogens (tertiary/aromatic N) is 2. The van der Waals surface area contributed by atoms with Crippen molar-refractivity contribution in [3.63, 3.8) is 0 Å². The molecule has 0 saturated heterocycles. The number of likely N-dealkylation sites (N-methyl/N-ethyl adjacent to an activating group) is 1. The van der Waals surface area contributed by atoms with Crippen molar-refractivity contribution in [2.45, 2.75) is 20.4 Å². The highest BCUT2D eigenvalue weighted by atomic mass is 32.1. The van der Waals surface area contributed by atoms with Gasteiger partial charge in [0, 0.05) is 24.0 Å². The van der Waals surface area contributed by atoms with Gasteiger partial charge in [0.15, 0.2) is 5.11 Å². The van der Waals surface area contributed by atoms with Crippen molar-refractivity contribution in [3.8, 4) is 5.75 Å². The molecule has 6 nitrogen and oxygen atoms in total. The summed E-state index contributed by atoms with van der Waals surface area (Å²) in [5.74, 6) is 0.715. The van der Waals surface area contributed by atoms with E-state index in [1.807, 2.05) is 62.3 Å². The third-order valence-corrected chi connectivity index (χ3v) is 5.69. The molecule has 0 aliphatic carbocycles. The summed E-state index contributed by atoms with van der Waals surface area (Å²) in [7, 11) is 5.67. The number of aryl methyl sites for hydroxylation is 2. The Kier molecular flexibility index (Phi) is 7.30. The second-order valence-corrected chi connectivity index (χ2v) is 8.35. The number of aromatic amines is 1. The molecule has 0 unspecified atom stereocenters. The minimum absolute atomic E-state index is 0.0869. The maximum atomic E-state index is 12.9. The molecule has 0 aliphatic heterocycles. The summed E-state index contributed by atoms with van der Waals surface area (Å²) in [6, 6.07) is 13.7. The number of pyridine rings is 1. The molecule has 7 heteroatoms. The average Bonchev–Trinajstić information content (AvgIpc) is 2.74. The van der Waals surface area contributed by atoms with Crippen LogP contribution >= 0.6 is 12.2 Å². The molecule has 164 valence electrons. The van der Waals surface area contributed by atoms with Gasteiger partial charge >= 0.3 is 0 Å². The second kappa shape index (κ2) is 9.94. The van der Waals surface area contributed by atoms with Crippen molar-refractivity contribution >= 4 is 33.9 Å². The quantitative estimate of drug-likeness (QED) is 0.546. The number of methoxy groups -OCH3 is 1. The van der Waals surface area contributed by atoms with Crippen molar-refractivity contribution in [2.75, 3.05) is 39.6 Å². The van der Waals surface area contributed by atoms with Gasteiger partial charge in [0.05, 0.1) is 24.9 Å². The Bertz CT molecular complexity index is 1140. The predicted molar refractivity (Wildman–Crippen MR) is 132 cm³/mol. The van der Waals surface area contributed by atoms with Gasteiger partial charge in [0.2, 0.25) is 0 Å². The highest BCUT2D eigenvalue weighted by Crippen LogP contribution is 2.24. The molecule has 0 atom stereocenters. The van der Waals surface area contributed by atoms with Gasteiger partial charge in [0.1, 0.15) is 5.75 Å². The molecule has 0 fully saturated rings. The van der Waals surface area contributed by atoms with Crippen LogP contribution in [0.25, 0.3) is 10.9 Å². The number of ether oxygens (including phenoxy) is 1. The van der Waals surface area contributed by atoms with Crippen LogP contribution < -0.4 is 15.6 Å².